The third-order valence-corrected chi connectivity index (χ3v) is 8.69. The van der Waals surface area contributed by atoms with Gasteiger partial charge in [0, 0.05) is 12.8 Å². The van der Waals surface area contributed by atoms with E-state index < -0.39 is 6.10 Å². The molecule has 1 N–H and O–H groups in total. The Balaban J connectivity index is 3.57. The Morgan fingerprint density at radius 2 is 0.851 bits per heavy atom. The van der Waals surface area contributed by atoms with Gasteiger partial charge in [-0.15, -0.1) is 0 Å². The van der Waals surface area contributed by atoms with Crippen molar-refractivity contribution < 1.29 is 24.2 Å². The summed E-state index contributed by atoms with van der Waals surface area (Å²) in [6, 6.07) is 0. The van der Waals surface area contributed by atoms with Crippen LogP contribution in [0.25, 0.3) is 0 Å². The average Bonchev–Trinajstić information content (AvgIpc) is 3.07. The highest BCUT2D eigenvalue weighted by molar-refractivity contribution is 5.70. The highest BCUT2D eigenvalue weighted by Crippen LogP contribution is 2.14. The summed E-state index contributed by atoms with van der Waals surface area (Å²) in [5.74, 6) is -0.600. The molecule has 0 aliphatic carbocycles. The molecule has 5 heteroatoms. The molecule has 0 bridgehead atoms. The molecule has 47 heavy (non-hydrogen) atoms. The second-order valence-electron chi connectivity index (χ2n) is 13.4. The van der Waals surface area contributed by atoms with Gasteiger partial charge in [0.15, 0.2) is 6.10 Å². The van der Waals surface area contributed by atoms with Gasteiger partial charge in [-0.05, 0) is 51.4 Å². The molecule has 0 unspecified atom stereocenters. The maximum absolute atomic E-state index is 12.2. The molecule has 1 atom stereocenters. The summed E-state index contributed by atoms with van der Waals surface area (Å²) in [6.45, 7) is 4.10. The van der Waals surface area contributed by atoms with Crippen molar-refractivity contribution >= 4 is 11.9 Å². The van der Waals surface area contributed by atoms with Crippen molar-refractivity contribution in [2.24, 2.45) is 0 Å². The van der Waals surface area contributed by atoms with E-state index in [0.717, 1.165) is 57.8 Å². The van der Waals surface area contributed by atoms with Gasteiger partial charge in [0.1, 0.15) is 6.61 Å². The van der Waals surface area contributed by atoms with E-state index in [1.165, 1.54) is 116 Å². The van der Waals surface area contributed by atoms with Crippen molar-refractivity contribution in [2.75, 3.05) is 13.2 Å². The van der Waals surface area contributed by atoms with Crippen molar-refractivity contribution in [1.29, 1.82) is 0 Å². The number of rotatable bonds is 36. The number of carbonyl (C=O) groups is 2. The molecule has 0 heterocycles. The molecule has 0 radical (unpaired) electrons. The lowest BCUT2D eigenvalue weighted by Crippen LogP contribution is -2.28. The minimum atomic E-state index is -0.775. The lowest BCUT2D eigenvalue weighted by molar-refractivity contribution is -0.161. The van der Waals surface area contributed by atoms with Crippen LogP contribution in [0.4, 0.5) is 0 Å². The fraction of sp³-hybridized carbons (Fsp3) is 0.810. The molecule has 0 spiro atoms. The number of allylic oxidation sites excluding steroid dienone is 6. The van der Waals surface area contributed by atoms with E-state index in [1.807, 2.05) is 0 Å². The van der Waals surface area contributed by atoms with Gasteiger partial charge >= 0.3 is 11.9 Å². The molecular weight excluding hydrogens is 584 g/mol. The second-order valence-corrected chi connectivity index (χ2v) is 13.4. The van der Waals surface area contributed by atoms with Crippen molar-refractivity contribution in [3.8, 4) is 0 Å². The lowest BCUT2D eigenvalue weighted by atomic mass is 10.0. The van der Waals surface area contributed by atoms with Gasteiger partial charge in [0.25, 0.3) is 0 Å². The van der Waals surface area contributed by atoms with Gasteiger partial charge in [-0.2, -0.15) is 0 Å². The molecule has 0 aliphatic rings. The van der Waals surface area contributed by atoms with E-state index in [2.05, 4.69) is 50.3 Å². The van der Waals surface area contributed by atoms with Crippen LogP contribution in [-0.2, 0) is 19.1 Å². The Labute approximate surface area is 291 Å². The van der Waals surface area contributed by atoms with Crippen LogP contribution >= 0.6 is 0 Å². The van der Waals surface area contributed by atoms with Crippen LogP contribution in [0.5, 0.6) is 0 Å². The van der Waals surface area contributed by atoms with Crippen LogP contribution < -0.4 is 0 Å². The first kappa shape index (κ1) is 45.1. The Kier molecular flexibility index (Phi) is 37.0. The minimum absolute atomic E-state index is 0.0685. The molecule has 0 aromatic carbocycles. The van der Waals surface area contributed by atoms with Crippen molar-refractivity contribution in [3.05, 3.63) is 36.5 Å². The van der Waals surface area contributed by atoms with Crippen LogP contribution in [0.2, 0.25) is 0 Å². The van der Waals surface area contributed by atoms with Gasteiger partial charge in [0.05, 0.1) is 6.61 Å². The number of aliphatic hydroxyl groups is 1. The number of ether oxygens (including phenoxy) is 2. The Bertz CT molecular complexity index is 756. The molecule has 0 saturated heterocycles. The normalized spacial score (nSPS) is 12.5. The zero-order valence-corrected chi connectivity index (χ0v) is 31.0. The molecule has 0 rings (SSSR count). The van der Waals surface area contributed by atoms with Gasteiger partial charge < -0.3 is 14.6 Å². The molecule has 0 aromatic rings. The van der Waals surface area contributed by atoms with Crippen LogP contribution in [0.3, 0.4) is 0 Å². The second kappa shape index (κ2) is 38.6. The van der Waals surface area contributed by atoms with Crippen molar-refractivity contribution in [1.82, 2.24) is 0 Å². The first-order valence-corrected chi connectivity index (χ1v) is 20.0. The summed E-state index contributed by atoms with van der Waals surface area (Å²) in [6.07, 6.45) is 46.3. The van der Waals surface area contributed by atoms with Crippen LogP contribution in [0, 0.1) is 0 Å². The minimum Gasteiger partial charge on any atom is -0.462 e. The number of esters is 2. The predicted molar refractivity (Wildman–Crippen MR) is 201 cm³/mol. The third-order valence-electron chi connectivity index (χ3n) is 8.69. The zero-order chi connectivity index (χ0) is 34.3. The third kappa shape index (κ3) is 36.8. The summed E-state index contributed by atoms with van der Waals surface area (Å²) in [5, 5.41) is 9.55. The highest BCUT2D eigenvalue weighted by Gasteiger charge is 2.16. The fourth-order valence-electron chi connectivity index (χ4n) is 5.62. The number of aliphatic hydroxyl groups excluding tert-OH is 1. The largest absolute Gasteiger partial charge is 0.462 e. The van der Waals surface area contributed by atoms with Gasteiger partial charge in [-0.3, -0.25) is 9.59 Å². The number of hydrogen-bond acceptors (Lipinski definition) is 5. The molecule has 5 nitrogen and oxygen atoms in total. The van der Waals surface area contributed by atoms with E-state index in [1.54, 1.807) is 0 Å². The molecular formula is C42H76O5. The van der Waals surface area contributed by atoms with E-state index in [4.69, 9.17) is 9.47 Å². The molecule has 0 fully saturated rings. The van der Waals surface area contributed by atoms with E-state index in [9.17, 15) is 14.7 Å². The number of unbranched alkanes of at least 4 members (excludes halogenated alkanes) is 22. The fourth-order valence-corrected chi connectivity index (χ4v) is 5.62. The predicted octanol–water partition coefficient (Wildman–Crippen LogP) is 12.5. The monoisotopic (exact) mass is 661 g/mol. The summed E-state index contributed by atoms with van der Waals surface area (Å²) in [4.78, 5) is 24.2. The van der Waals surface area contributed by atoms with Gasteiger partial charge in [-0.1, -0.05) is 172 Å². The smallest absolute Gasteiger partial charge is 0.306 e. The number of hydrogen-bond donors (Lipinski definition) is 1. The standard InChI is InChI=1S/C42H76O5/c1-3-5-7-9-11-13-15-17-19-20-21-22-23-25-27-29-31-33-35-37-42(45)47-40(38-43)39-46-41(44)36-34-32-30-28-26-24-18-16-14-12-10-8-6-4-2/h11,13,17,19,21-22,40,43H,3-10,12,14-16,18,20,23-39H2,1-2H3/b13-11-,19-17-,22-21-/t40-/m0/s1. The molecule has 0 amide bonds. The molecule has 0 aliphatic heterocycles. The Hall–Kier alpha value is -1.88. The molecule has 0 aromatic heterocycles. The summed E-state index contributed by atoms with van der Waals surface area (Å²) in [5.41, 5.74) is 0. The maximum atomic E-state index is 12.2. The Morgan fingerprint density at radius 1 is 0.489 bits per heavy atom. The lowest BCUT2D eigenvalue weighted by Gasteiger charge is -2.15. The highest BCUT2D eigenvalue weighted by atomic mass is 16.6. The van der Waals surface area contributed by atoms with Crippen LogP contribution in [0.1, 0.15) is 200 Å². The average molecular weight is 661 g/mol. The van der Waals surface area contributed by atoms with E-state index >= 15 is 0 Å². The van der Waals surface area contributed by atoms with E-state index in [0.29, 0.717) is 12.8 Å². The van der Waals surface area contributed by atoms with Crippen LogP contribution in [0.15, 0.2) is 36.5 Å². The van der Waals surface area contributed by atoms with E-state index in [-0.39, 0.29) is 25.2 Å². The summed E-state index contributed by atoms with van der Waals surface area (Å²) < 4.78 is 10.6. The Morgan fingerprint density at radius 3 is 1.32 bits per heavy atom. The van der Waals surface area contributed by atoms with Crippen molar-refractivity contribution in [2.45, 2.75) is 206 Å². The van der Waals surface area contributed by atoms with Crippen LogP contribution in [-0.4, -0.2) is 36.4 Å². The van der Waals surface area contributed by atoms with Crippen molar-refractivity contribution in [3.63, 3.8) is 0 Å². The summed E-state index contributed by atoms with van der Waals surface area (Å²) in [7, 11) is 0. The maximum Gasteiger partial charge on any atom is 0.306 e. The summed E-state index contributed by atoms with van der Waals surface area (Å²) >= 11 is 0. The first-order chi connectivity index (χ1) is 23.1. The first-order valence-electron chi connectivity index (χ1n) is 20.0. The molecule has 0 saturated carbocycles. The SMILES string of the molecule is CCCCC/C=C\C/C=C\C/C=C\CCCCCCCCC(=O)O[C@@H](CO)COC(=O)CCCCCCCCCCCCCCCC. The number of carbonyl (C=O) groups excluding carboxylic acids is 2. The quantitative estimate of drug-likeness (QED) is 0.0411. The molecule has 274 valence electrons. The van der Waals surface area contributed by atoms with Gasteiger partial charge in [-0.25, -0.2) is 0 Å². The van der Waals surface area contributed by atoms with Gasteiger partial charge in [0.2, 0.25) is 0 Å². The zero-order valence-electron chi connectivity index (χ0n) is 31.0. The topological polar surface area (TPSA) is 72.8 Å².